The topological polar surface area (TPSA) is 52.4 Å². The second-order valence-corrected chi connectivity index (χ2v) is 5.81. The van der Waals surface area contributed by atoms with Crippen molar-refractivity contribution in [2.75, 3.05) is 0 Å². The van der Waals surface area contributed by atoms with E-state index in [1.165, 1.54) is 0 Å². The summed E-state index contributed by atoms with van der Waals surface area (Å²) >= 11 is 6.20. The largest absolute Gasteiger partial charge is 0.485 e. The lowest BCUT2D eigenvalue weighted by molar-refractivity contribution is -0.425. The van der Waals surface area contributed by atoms with E-state index in [1.807, 2.05) is 20.8 Å². The van der Waals surface area contributed by atoms with Crippen LogP contribution in [0.3, 0.4) is 0 Å². The second-order valence-electron chi connectivity index (χ2n) is 5.40. The van der Waals surface area contributed by atoms with Gasteiger partial charge < -0.3 is 4.74 Å². The van der Waals surface area contributed by atoms with E-state index in [2.05, 4.69) is 0 Å². The predicted molar refractivity (Wildman–Crippen MR) is 65.0 cm³/mol. The molecule has 5 heteroatoms. The van der Waals surface area contributed by atoms with Crippen LogP contribution >= 0.6 is 11.6 Å². The highest BCUT2D eigenvalue weighted by Gasteiger charge is 2.48. The van der Waals surface area contributed by atoms with Gasteiger partial charge in [-0.2, -0.15) is 0 Å². The first-order valence-electron chi connectivity index (χ1n) is 5.69. The van der Waals surface area contributed by atoms with Crippen molar-refractivity contribution in [1.29, 1.82) is 0 Å². The Labute approximate surface area is 105 Å². The molecule has 1 saturated heterocycles. The summed E-state index contributed by atoms with van der Waals surface area (Å²) in [5, 5.41) is 11.7. The molecular formula is C12H16ClNO3. The maximum atomic E-state index is 11.1. The molecule has 94 valence electrons. The average molecular weight is 258 g/mol. The molecule has 0 spiro atoms. The summed E-state index contributed by atoms with van der Waals surface area (Å²) in [7, 11) is 0. The molecule has 1 heterocycles. The van der Waals surface area contributed by atoms with Gasteiger partial charge >= 0.3 is 5.70 Å². The number of nitro groups is 1. The first kappa shape index (κ1) is 12.4. The fourth-order valence-corrected chi connectivity index (χ4v) is 2.95. The van der Waals surface area contributed by atoms with Crippen molar-refractivity contribution < 1.29 is 9.66 Å². The quantitative estimate of drug-likeness (QED) is 0.534. The van der Waals surface area contributed by atoms with Crippen LogP contribution in [0.2, 0.25) is 0 Å². The zero-order chi connectivity index (χ0) is 13.0. The van der Waals surface area contributed by atoms with E-state index in [0.717, 1.165) is 6.42 Å². The fraction of sp³-hybridized carbons (Fsp3) is 0.667. The summed E-state index contributed by atoms with van der Waals surface area (Å²) in [5.74, 6) is 0.633. The highest BCUT2D eigenvalue weighted by Crippen LogP contribution is 2.50. The third-order valence-corrected chi connectivity index (χ3v) is 4.19. The summed E-state index contributed by atoms with van der Waals surface area (Å²) < 4.78 is 5.76. The minimum atomic E-state index is -0.382. The van der Waals surface area contributed by atoms with E-state index in [1.54, 1.807) is 6.92 Å². The zero-order valence-corrected chi connectivity index (χ0v) is 11.2. The van der Waals surface area contributed by atoms with Crippen molar-refractivity contribution in [3.8, 4) is 0 Å². The number of rotatable bonds is 1. The van der Waals surface area contributed by atoms with E-state index in [-0.39, 0.29) is 28.1 Å². The predicted octanol–water partition coefficient (Wildman–Crippen LogP) is 3.45. The van der Waals surface area contributed by atoms with Crippen molar-refractivity contribution in [1.82, 2.24) is 0 Å². The number of allylic oxidation sites excluding steroid dienone is 3. The monoisotopic (exact) mass is 257 g/mol. The molecule has 2 aliphatic rings. The summed E-state index contributed by atoms with van der Waals surface area (Å²) in [6, 6.07) is 0. The van der Waals surface area contributed by atoms with Gasteiger partial charge in [0.25, 0.3) is 0 Å². The van der Waals surface area contributed by atoms with Crippen molar-refractivity contribution in [3.63, 3.8) is 0 Å². The Hall–Kier alpha value is -1.03. The Morgan fingerprint density at radius 1 is 1.53 bits per heavy atom. The van der Waals surface area contributed by atoms with Gasteiger partial charge in [0.05, 0.1) is 4.92 Å². The normalized spacial score (nSPS) is 31.4. The smallest absolute Gasteiger partial charge is 0.311 e. The number of hydrogen-bond acceptors (Lipinski definition) is 3. The van der Waals surface area contributed by atoms with Gasteiger partial charge in [0.2, 0.25) is 0 Å². The van der Waals surface area contributed by atoms with E-state index < -0.39 is 0 Å². The lowest BCUT2D eigenvalue weighted by atomic mass is 9.81. The molecule has 2 unspecified atom stereocenters. The molecule has 0 saturated carbocycles. The Bertz CT molecular complexity index is 451. The highest BCUT2D eigenvalue weighted by atomic mass is 35.5. The molecule has 0 N–H and O–H groups in total. The summed E-state index contributed by atoms with van der Waals surface area (Å²) in [6.45, 7) is 7.59. The number of halogens is 1. The van der Waals surface area contributed by atoms with Gasteiger partial charge in [-0.15, -0.1) is 0 Å². The van der Waals surface area contributed by atoms with Crippen molar-refractivity contribution in [2.24, 2.45) is 11.8 Å². The lowest BCUT2D eigenvalue weighted by Crippen LogP contribution is -2.21. The number of fused-ring (bicyclic) bond motifs is 1. The minimum absolute atomic E-state index is 0.0293. The van der Waals surface area contributed by atoms with Crippen molar-refractivity contribution >= 4 is 11.6 Å². The van der Waals surface area contributed by atoms with Gasteiger partial charge in [-0.25, -0.2) is 0 Å². The average Bonchev–Trinajstić information content (AvgIpc) is 2.50. The van der Waals surface area contributed by atoms with Crippen LogP contribution in [0.25, 0.3) is 0 Å². The molecule has 2 atom stereocenters. The van der Waals surface area contributed by atoms with Gasteiger partial charge in [0, 0.05) is 22.4 Å². The second kappa shape index (κ2) is 3.73. The SMILES string of the molecule is CC1=C(Cl)C(C)C2CC(C)(C)OC2=C1[N+](=O)[O-]. The molecule has 1 aliphatic heterocycles. The number of ether oxygens (including phenoxy) is 1. The van der Waals surface area contributed by atoms with Crippen LogP contribution in [0.4, 0.5) is 0 Å². The highest BCUT2D eigenvalue weighted by molar-refractivity contribution is 6.30. The van der Waals surface area contributed by atoms with Gasteiger partial charge in [0.1, 0.15) is 5.60 Å². The molecule has 0 amide bonds. The van der Waals surface area contributed by atoms with E-state index >= 15 is 0 Å². The first-order chi connectivity index (χ1) is 7.74. The Morgan fingerprint density at radius 3 is 2.65 bits per heavy atom. The van der Waals surface area contributed by atoms with E-state index in [4.69, 9.17) is 16.3 Å². The zero-order valence-electron chi connectivity index (χ0n) is 10.4. The maximum Gasteiger partial charge on any atom is 0.311 e. The molecule has 0 aromatic carbocycles. The molecule has 2 rings (SSSR count). The van der Waals surface area contributed by atoms with Gasteiger partial charge in [-0.1, -0.05) is 18.5 Å². The Kier molecular flexibility index (Phi) is 2.73. The van der Waals surface area contributed by atoms with Crippen molar-refractivity contribution in [2.45, 2.75) is 39.7 Å². The molecule has 17 heavy (non-hydrogen) atoms. The molecule has 0 bridgehead atoms. The van der Waals surface area contributed by atoms with Crippen LogP contribution in [0.5, 0.6) is 0 Å². The number of nitrogens with zero attached hydrogens (tertiary/aromatic N) is 1. The molecule has 1 aliphatic carbocycles. The van der Waals surface area contributed by atoms with Crippen LogP contribution in [0.1, 0.15) is 34.1 Å². The molecule has 1 fully saturated rings. The Morgan fingerprint density at radius 2 is 2.12 bits per heavy atom. The standard InChI is InChI=1S/C12H16ClNO3/c1-6-8-5-12(3,4)17-11(8)10(14(15)16)7(2)9(6)13/h6,8H,5H2,1-4H3. The number of hydrogen-bond donors (Lipinski definition) is 0. The summed E-state index contributed by atoms with van der Waals surface area (Å²) in [5.41, 5.74) is 0.244. The van der Waals surface area contributed by atoms with Crippen LogP contribution in [-0.2, 0) is 4.74 Å². The summed E-state index contributed by atoms with van der Waals surface area (Å²) in [6.07, 6.45) is 0.768. The Balaban J connectivity index is 2.57. The maximum absolute atomic E-state index is 11.1. The molecular weight excluding hydrogens is 242 g/mol. The van der Waals surface area contributed by atoms with Crippen LogP contribution < -0.4 is 0 Å². The first-order valence-corrected chi connectivity index (χ1v) is 6.06. The van der Waals surface area contributed by atoms with Crippen LogP contribution in [0, 0.1) is 22.0 Å². The third kappa shape index (κ3) is 1.84. The molecule has 4 nitrogen and oxygen atoms in total. The molecule has 0 aromatic heterocycles. The van der Waals surface area contributed by atoms with Crippen LogP contribution in [-0.4, -0.2) is 10.5 Å². The minimum Gasteiger partial charge on any atom is -0.485 e. The fourth-order valence-electron chi connectivity index (χ4n) is 2.71. The van der Waals surface area contributed by atoms with Gasteiger partial charge in [-0.3, -0.25) is 10.1 Å². The van der Waals surface area contributed by atoms with E-state index in [0.29, 0.717) is 16.4 Å². The molecule has 0 radical (unpaired) electrons. The molecule has 0 aromatic rings. The van der Waals surface area contributed by atoms with E-state index in [9.17, 15) is 10.1 Å². The van der Waals surface area contributed by atoms with Crippen LogP contribution in [0.15, 0.2) is 22.1 Å². The third-order valence-electron chi connectivity index (χ3n) is 3.57. The van der Waals surface area contributed by atoms with Crippen molar-refractivity contribution in [3.05, 3.63) is 32.2 Å². The van der Waals surface area contributed by atoms with Gasteiger partial charge in [0.15, 0.2) is 5.76 Å². The van der Waals surface area contributed by atoms with Gasteiger partial charge in [-0.05, 0) is 27.2 Å². The lowest BCUT2D eigenvalue weighted by Gasteiger charge is -2.24. The summed E-state index contributed by atoms with van der Waals surface area (Å²) in [4.78, 5) is 10.8.